The van der Waals surface area contributed by atoms with Crippen molar-refractivity contribution >= 4 is 5.91 Å². The Balaban J connectivity index is 2.21. The summed E-state index contributed by atoms with van der Waals surface area (Å²) < 4.78 is 0. The van der Waals surface area contributed by atoms with Gasteiger partial charge in [-0.2, -0.15) is 5.26 Å². The fraction of sp³-hybridized carbons (Fsp3) is 0.200. The largest absolute Gasteiger partial charge is 0.332 e. The van der Waals surface area contributed by atoms with Crippen LogP contribution < -0.4 is 5.56 Å². The summed E-state index contributed by atoms with van der Waals surface area (Å²) in [5, 5.41) is 8.72. The Morgan fingerprint density at radius 2 is 2.19 bits per heavy atom. The van der Waals surface area contributed by atoms with E-state index in [1.807, 2.05) is 12.1 Å². The van der Waals surface area contributed by atoms with Crippen molar-refractivity contribution < 1.29 is 4.79 Å². The van der Waals surface area contributed by atoms with Gasteiger partial charge in [0, 0.05) is 31.5 Å². The number of carbonyl (C=O) groups is 1. The third-order valence-corrected chi connectivity index (χ3v) is 2.88. The molecule has 106 valence electrons. The normalized spacial score (nSPS) is 9.86. The number of H-pyrrole nitrogens is 1. The predicted molar refractivity (Wildman–Crippen MR) is 76.3 cm³/mol. The third-order valence-electron chi connectivity index (χ3n) is 2.88. The number of hydrogen-bond acceptors (Lipinski definition) is 4. The van der Waals surface area contributed by atoms with Crippen LogP contribution in [0.15, 0.2) is 47.5 Å². The second-order valence-corrected chi connectivity index (χ2v) is 4.42. The molecule has 2 aromatic heterocycles. The minimum absolute atomic E-state index is 0.212. The van der Waals surface area contributed by atoms with Crippen LogP contribution in [-0.4, -0.2) is 27.3 Å². The summed E-state index contributed by atoms with van der Waals surface area (Å²) in [6, 6.07) is 10.1. The van der Waals surface area contributed by atoms with E-state index < -0.39 is 0 Å². The Bertz CT molecular complexity index is 703. The van der Waals surface area contributed by atoms with Crippen molar-refractivity contribution in [1.82, 2.24) is 14.9 Å². The van der Waals surface area contributed by atoms with Crippen molar-refractivity contribution in [3.8, 4) is 6.07 Å². The third kappa shape index (κ3) is 4.01. The molecular formula is C15H14N4O2. The summed E-state index contributed by atoms with van der Waals surface area (Å²) in [7, 11) is 0. The van der Waals surface area contributed by atoms with Gasteiger partial charge in [0.1, 0.15) is 5.69 Å². The highest BCUT2D eigenvalue weighted by molar-refractivity contribution is 5.92. The molecule has 0 unspecified atom stereocenters. The molecule has 0 fully saturated rings. The molecule has 6 nitrogen and oxygen atoms in total. The number of pyridine rings is 2. The molecule has 6 heteroatoms. The van der Waals surface area contributed by atoms with Gasteiger partial charge < -0.3 is 9.88 Å². The lowest BCUT2D eigenvalue weighted by Gasteiger charge is -2.21. The van der Waals surface area contributed by atoms with Crippen molar-refractivity contribution in [2.24, 2.45) is 0 Å². The van der Waals surface area contributed by atoms with Gasteiger partial charge in [-0.25, -0.2) is 0 Å². The number of rotatable bonds is 5. The van der Waals surface area contributed by atoms with E-state index in [0.717, 1.165) is 5.56 Å². The standard InChI is InChI=1S/C15H14N4O2/c16-7-3-9-19(11-12-4-2-8-17-10-12)15(21)13-5-1-6-14(20)18-13/h1-2,4-6,8,10H,3,9,11H2,(H,18,20). The molecule has 0 spiro atoms. The Hall–Kier alpha value is -2.94. The van der Waals surface area contributed by atoms with Crippen LogP contribution in [0.5, 0.6) is 0 Å². The molecule has 0 bridgehead atoms. The van der Waals surface area contributed by atoms with Crippen LogP contribution in [0.25, 0.3) is 0 Å². The number of amides is 1. The maximum atomic E-state index is 12.4. The number of hydrogen-bond donors (Lipinski definition) is 1. The van der Waals surface area contributed by atoms with Gasteiger partial charge in [-0.05, 0) is 17.7 Å². The van der Waals surface area contributed by atoms with Gasteiger partial charge in [-0.3, -0.25) is 14.6 Å². The quantitative estimate of drug-likeness (QED) is 0.895. The Kier molecular flexibility index (Phi) is 4.83. The molecular weight excluding hydrogens is 268 g/mol. The van der Waals surface area contributed by atoms with Crippen LogP contribution >= 0.6 is 0 Å². The fourth-order valence-corrected chi connectivity index (χ4v) is 1.89. The van der Waals surface area contributed by atoms with Gasteiger partial charge in [-0.1, -0.05) is 12.1 Å². The number of nitrogens with zero attached hydrogens (tertiary/aromatic N) is 3. The molecule has 0 atom stereocenters. The van der Waals surface area contributed by atoms with Gasteiger partial charge in [0.25, 0.3) is 5.91 Å². The van der Waals surface area contributed by atoms with E-state index in [4.69, 9.17) is 5.26 Å². The van der Waals surface area contributed by atoms with Gasteiger partial charge >= 0.3 is 0 Å². The summed E-state index contributed by atoms with van der Waals surface area (Å²) in [6.07, 6.45) is 3.54. The highest BCUT2D eigenvalue weighted by Crippen LogP contribution is 2.08. The number of carbonyl (C=O) groups excluding carboxylic acids is 1. The average molecular weight is 282 g/mol. The lowest BCUT2D eigenvalue weighted by molar-refractivity contribution is 0.0740. The minimum Gasteiger partial charge on any atom is -0.332 e. The second kappa shape index (κ2) is 7.01. The highest BCUT2D eigenvalue weighted by Gasteiger charge is 2.16. The van der Waals surface area contributed by atoms with Gasteiger partial charge in [0.15, 0.2) is 0 Å². The first kappa shape index (κ1) is 14.5. The van der Waals surface area contributed by atoms with Crippen LogP contribution in [0.1, 0.15) is 22.5 Å². The van der Waals surface area contributed by atoms with E-state index in [1.165, 1.54) is 17.0 Å². The molecule has 0 aromatic carbocycles. The lowest BCUT2D eigenvalue weighted by Crippen LogP contribution is -2.33. The molecule has 0 saturated heterocycles. The molecule has 1 amide bonds. The first-order chi connectivity index (χ1) is 10.2. The van der Waals surface area contributed by atoms with E-state index >= 15 is 0 Å². The zero-order chi connectivity index (χ0) is 15.1. The Morgan fingerprint density at radius 3 is 2.86 bits per heavy atom. The van der Waals surface area contributed by atoms with Gasteiger partial charge in [0.05, 0.1) is 12.5 Å². The minimum atomic E-state index is -0.331. The van der Waals surface area contributed by atoms with Crippen molar-refractivity contribution in [1.29, 1.82) is 5.26 Å². The monoisotopic (exact) mass is 282 g/mol. The number of aromatic nitrogens is 2. The highest BCUT2D eigenvalue weighted by atomic mass is 16.2. The summed E-state index contributed by atoms with van der Waals surface area (Å²) in [6.45, 7) is 0.631. The number of nitrogens with one attached hydrogen (secondary N) is 1. The fourth-order valence-electron chi connectivity index (χ4n) is 1.89. The molecule has 2 aromatic rings. The van der Waals surface area contributed by atoms with Crippen LogP contribution in [-0.2, 0) is 6.54 Å². The topological polar surface area (TPSA) is 89.8 Å². The number of aromatic amines is 1. The summed E-state index contributed by atoms with van der Waals surface area (Å²) >= 11 is 0. The molecule has 0 saturated carbocycles. The Morgan fingerprint density at radius 1 is 1.33 bits per heavy atom. The zero-order valence-electron chi connectivity index (χ0n) is 11.3. The summed E-state index contributed by atoms with van der Waals surface area (Å²) in [5.74, 6) is -0.313. The Labute approximate surface area is 121 Å². The van der Waals surface area contributed by atoms with Crippen LogP contribution in [0, 0.1) is 11.3 Å². The molecule has 21 heavy (non-hydrogen) atoms. The van der Waals surface area contributed by atoms with E-state index in [1.54, 1.807) is 24.5 Å². The van der Waals surface area contributed by atoms with Crippen LogP contribution in [0.3, 0.4) is 0 Å². The molecule has 0 radical (unpaired) electrons. The lowest BCUT2D eigenvalue weighted by atomic mass is 10.2. The second-order valence-electron chi connectivity index (χ2n) is 4.42. The summed E-state index contributed by atoms with van der Waals surface area (Å²) in [5.41, 5.74) is 0.744. The molecule has 0 aliphatic carbocycles. The van der Waals surface area contributed by atoms with Crippen molar-refractivity contribution in [3.05, 3.63) is 64.3 Å². The molecule has 0 aliphatic rings. The molecule has 0 aliphatic heterocycles. The molecule has 2 heterocycles. The van der Waals surface area contributed by atoms with Crippen molar-refractivity contribution in [2.45, 2.75) is 13.0 Å². The van der Waals surface area contributed by atoms with Crippen molar-refractivity contribution in [3.63, 3.8) is 0 Å². The smallest absolute Gasteiger partial charge is 0.270 e. The van der Waals surface area contributed by atoms with E-state index in [0.29, 0.717) is 13.1 Å². The maximum absolute atomic E-state index is 12.4. The maximum Gasteiger partial charge on any atom is 0.270 e. The van der Waals surface area contributed by atoms with Crippen LogP contribution in [0.4, 0.5) is 0 Å². The van der Waals surface area contributed by atoms with E-state index in [2.05, 4.69) is 9.97 Å². The predicted octanol–water partition coefficient (Wildman–Crippen LogP) is 1.33. The van der Waals surface area contributed by atoms with E-state index in [9.17, 15) is 9.59 Å². The van der Waals surface area contributed by atoms with Gasteiger partial charge in [-0.15, -0.1) is 0 Å². The molecule has 2 rings (SSSR count). The van der Waals surface area contributed by atoms with Crippen molar-refractivity contribution in [2.75, 3.05) is 6.54 Å². The first-order valence-electron chi connectivity index (χ1n) is 6.45. The first-order valence-corrected chi connectivity index (χ1v) is 6.45. The zero-order valence-corrected chi connectivity index (χ0v) is 11.3. The van der Waals surface area contributed by atoms with Crippen LogP contribution in [0.2, 0.25) is 0 Å². The molecule has 1 N–H and O–H groups in total. The number of nitriles is 1. The van der Waals surface area contributed by atoms with E-state index in [-0.39, 0.29) is 23.6 Å². The average Bonchev–Trinajstić information content (AvgIpc) is 2.51. The SMILES string of the molecule is N#CCCN(Cc1cccnc1)C(=O)c1cccc(=O)[nH]1. The summed E-state index contributed by atoms with van der Waals surface area (Å²) in [4.78, 5) is 31.8. The van der Waals surface area contributed by atoms with Gasteiger partial charge in [0.2, 0.25) is 5.56 Å².